The lowest BCUT2D eigenvalue weighted by Crippen LogP contribution is -2.39. The Morgan fingerprint density at radius 3 is 2.43 bits per heavy atom. The molecule has 0 spiro atoms. The van der Waals surface area contributed by atoms with Gasteiger partial charge in [0.1, 0.15) is 18.5 Å². The highest BCUT2D eigenvalue weighted by Gasteiger charge is 2.16. The summed E-state index contributed by atoms with van der Waals surface area (Å²) in [5, 5.41) is 27.2. The standard InChI is InChI=1S/C14H18F2N2O3/c15-14(16)9-18(5-6-19)8-12(20)10-21-13-3-1-11(7-17)2-4-13/h1-4,12,14,19-20H,5-6,8-10H2. The van der Waals surface area contributed by atoms with Gasteiger partial charge in [0.15, 0.2) is 0 Å². The predicted octanol–water partition coefficient (Wildman–Crippen LogP) is 0.857. The molecule has 1 aromatic rings. The Balaban J connectivity index is 2.40. The van der Waals surface area contributed by atoms with E-state index in [4.69, 9.17) is 15.1 Å². The minimum Gasteiger partial charge on any atom is -0.491 e. The van der Waals surface area contributed by atoms with Crippen molar-refractivity contribution in [2.24, 2.45) is 0 Å². The average Bonchev–Trinajstić information content (AvgIpc) is 2.45. The van der Waals surface area contributed by atoms with E-state index in [1.54, 1.807) is 24.3 Å². The number of alkyl halides is 2. The smallest absolute Gasteiger partial charge is 0.251 e. The second-order valence-electron chi connectivity index (χ2n) is 4.48. The Morgan fingerprint density at radius 2 is 1.90 bits per heavy atom. The van der Waals surface area contributed by atoms with Gasteiger partial charge >= 0.3 is 0 Å². The van der Waals surface area contributed by atoms with Crippen molar-refractivity contribution in [3.8, 4) is 11.8 Å². The maximum Gasteiger partial charge on any atom is 0.251 e. The number of hydrogen-bond donors (Lipinski definition) is 2. The molecule has 0 fully saturated rings. The summed E-state index contributed by atoms with van der Waals surface area (Å²) in [6.45, 7) is -0.763. The van der Waals surface area contributed by atoms with Crippen LogP contribution in [0, 0.1) is 11.3 Å². The molecule has 0 saturated heterocycles. The zero-order valence-corrected chi connectivity index (χ0v) is 11.5. The van der Waals surface area contributed by atoms with E-state index >= 15 is 0 Å². The molecule has 0 aromatic heterocycles. The Kier molecular flexibility index (Phi) is 7.61. The fourth-order valence-corrected chi connectivity index (χ4v) is 1.76. The lowest BCUT2D eigenvalue weighted by molar-refractivity contribution is 0.0298. The van der Waals surface area contributed by atoms with Crippen LogP contribution < -0.4 is 4.74 Å². The average molecular weight is 300 g/mol. The van der Waals surface area contributed by atoms with E-state index in [-0.39, 0.29) is 26.3 Å². The van der Waals surface area contributed by atoms with Crippen LogP contribution in [0.2, 0.25) is 0 Å². The monoisotopic (exact) mass is 300 g/mol. The van der Waals surface area contributed by atoms with Gasteiger partial charge in [-0.15, -0.1) is 0 Å². The van der Waals surface area contributed by atoms with Gasteiger partial charge in [0, 0.05) is 13.1 Å². The fraction of sp³-hybridized carbons (Fsp3) is 0.500. The number of nitriles is 1. The molecule has 116 valence electrons. The van der Waals surface area contributed by atoms with Gasteiger partial charge in [0.25, 0.3) is 6.43 Å². The SMILES string of the molecule is N#Cc1ccc(OCC(O)CN(CCO)CC(F)F)cc1. The summed E-state index contributed by atoms with van der Waals surface area (Å²) < 4.78 is 30.0. The maximum atomic E-state index is 12.3. The Bertz CT molecular complexity index is 449. The first kappa shape index (κ1) is 17.3. The van der Waals surface area contributed by atoms with Crippen molar-refractivity contribution in [2.75, 3.05) is 32.8 Å². The molecule has 0 amide bonds. The van der Waals surface area contributed by atoms with Gasteiger partial charge in [-0.2, -0.15) is 5.26 Å². The molecule has 2 N–H and O–H groups in total. The number of aliphatic hydroxyl groups excluding tert-OH is 2. The van der Waals surface area contributed by atoms with Crippen molar-refractivity contribution in [3.63, 3.8) is 0 Å². The van der Waals surface area contributed by atoms with E-state index < -0.39 is 19.1 Å². The molecule has 0 heterocycles. The van der Waals surface area contributed by atoms with Crippen molar-refractivity contribution in [1.82, 2.24) is 4.90 Å². The van der Waals surface area contributed by atoms with Crippen LogP contribution in [0.5, 0.6) is 5.75 Å². The van der Waals surface area contributed by atoms with E-state index in [0.29, 0.717) is 11.3 Å². The molecule has 0 aliphatic heterocycles. The molecule has 0 radical (unpaired) electrons. The van der Waals surface area contributed by atoms with Gasteiger partial charge in [0.2, 0.25) is 0 Å². The number of halogens is 2. The minimum absolute atomic E-state index is 0.0127. The van der Waals surface area contributed by atoms with E-state index in [2.05, 4.69) is 0 Å². The first-order chi connectivity index (χ1) is 10.0. The number of hydrogen-bond acceptors (Lipinski definition) is 5. The molecule has 7 heteroatoms. The molecule has 0 aliphatic carbocycles. The van der Waals surface area contributed by atoms with Gasteiger partial charge < -0.3 is 14.9 Å². The molecule has 1 atom stereocenters. The van der Waals surface area contributed by atoms with E-state index in [1.807, 2.05) is 6.07 Å². The van der Waals surface area contributed by atoms with Crippen LogP contribution in [0.15, 0.2) is 24.3 Å². The third-order valence-corrected chi connectivity index (χ3v) is 2.71. The molecule has 1 unspecified atom stereocenters. The summed E-state index contributed by atoms with van der Waals surface area (Å²) >= 11 is 0. The third-order valence-electron chi connectivity index (χ3n) is 2.71. The van der Waals surface area contributed by atoms with Crippen molar-refractivity contribution < 1.29 is 23.7 Å². The number of aliphatic hydroxyl groups is 2. The number of ether oxygens (including phenoxy) is 1. The highest BCUT2D eigenvalue weighted by atomic mass is 19.3. The van der Waals surface area contributed by atoms with Crippen LogP contribution in [-0.4, -0.2) is 60.5 Å². The van der Waals surface area contributed by atoms with Crippen molar-refractivity contribution in [3.05, 3.63) is 29.8 Å². The largest absolute Gasteiger partial charge is 0.491 e. The minimum atomic E-state index is -2.52. The summed E-state index contributed by atoms with van der Waals surface area (Å²) in [6.07, 6.45) is -3.48. The molecule has 0 bridgehead atoms. The normalized spacial score (nSPS) is 12.4. The quantitative estimate of drug-likeness (QED) is 0.707. The predicted molar refractivity (Wildman–Crippen MR) is 72.2 cm³/mol. The summed E-state index contributed by atoms with van der Waals surface area (Å²) in [4.78, 5) is 1.28. The Hall–Kier alpha value is -1.75. The molecule has 1 aromatic carbocycles. The molecule has 1 rings (SSSR count). The van der Waals surface area contributed by atoms with Gasteiger partial charge in [0.05, 0.1) is 24.8 Å². The van der Waals surface area contributed by atoms with Gasteiger partial charge in [-0.1, -0.05) is 0 Å². The molecule has 0 saturated carbocycles. The van der Waals surface area contributed by atoms with E-state index in [9.17, 15) is 13.9 Å². The summed E-state index contributed by atoms with van der Waals surface area (Å²) in [6, 6.07) is 8.32. The number of rotatable bonds is 9. The second kappa shape index (κ2) is 9.23. The van der Waals surface area contributed by atoms with E-state index in [1.165, 1.54) is 4.90 Å². The van der Waals surface area contributed by atoms with Crippen LogP contribution in [0.4, 0.5) is 8.78 Å². The number of benzene rings is 1. The second-order valence-corrected chi connectivity index (χ2v) is 4.48. The van der Waals surface area contributed by atoms with Crippen LogP contribution in [0.25, 0.3) is 0 Å². The van der Waals surface area contributed by atoms with Crippen LogP contribution in [-0.2, 0) is 0 Å². The van der Waals surface area contributed by atoms with Crippen molar-refractivity contribution in [1.29, 1.82) is 5.26 Å². The Morgan fingerprint density at radius 1 is 1.24 bits per heavy atom. The summed E-state index contributed by atoms with van der Waals surface area (Å²) in [5.74, 6) is 0.482. The van der Waals surface area contributed by atoms with Gasteiger partial charge in [-0.05, 0) is 24.3 Å². The topological polar surface area (TPSA) is 76.7 Å². The van der Waals surface area contributed by atoms with Crippen LogP contribution >= 0.6 is 0 Å². The van der Waals surface area contributed by atoms with Crippen molar-refractivity contribution in [2.45, 2.75) is 12.5 Å². The number of nitrogens with zero attached hydrogens (tertiary/aromatic N) is 2. The lowest BCUT2D eigenvalue weighted by atomic mass is 10.2. The first-order valence-corrected chi connectivity index (χ1v) is 6.47. The summed E-state index contributed by atoms with van der Waals surface area (Å²) in [5.41, 5.74) is 0.494. The molecule has 5 nitrogen and oxygen atoms in total. The molecule has 21 heavy (non-hydrogen) atoms. The van der Waals surface area contributed by atoms with E-state index in [0.717, 1.165) is 0 Å². The Labute approximate surface area is 122 Å². The van der Waals surface area contributed by atoms with Crippen LogP contribution in [0.3, 0.4) is 0 Å². The zero-order valence-electron chi connectivity index (χ0n) is 11.5. The maximum absolute atomic E-state index is 12.3. The molecular formula is C14H18F2N2O3. The zero-order chi connectivity index (χ0) is 15.7. The van der Waals surface area contributed by atoms with Crippen molar-refractivity contribution >= 4 is 0 Å². The first-order valence-electron chi connectivity index (χ1n) is 6.47. The molecule has 0 aliphatic rings. The third kappa shape index (κ3) is 6.99. The lowest BCUT2D eigenvalue weighted by Gasteiger charge is -2.23. The highest BCUT2D eigenvalue weighted by Crippen LogP contribution is 2.12. The van der Waals surface area contributed by atoms with Gasteiger partial charge in [-0.25, -0.2) is 8.78 Å². The molecular weight excluding hydrogens is 282 g/mol. The van der Waals surface area contributed by atoms with Crippen LogP contribution in [0.1, 0.15) is 5.56 Å². The summed E-state index contributed by atoms with van der Waals surface area (Å²) in [7, 11) is 0. The highest BCUT2D eigenvalue weighted by molar-refractivity contribution is 5.34. The fourth-order valence-electron chi connectivity index (χ4n) is 1.76. The van der Waals surface area contributed by atoms with Gasteiger partial charge in [-0.3, -0.25) is 4.90 Å².